The zero-order chi connectivity index (χ0) is 18.3. The van der Waals surface area contributed by atoms with E-state index in [4.69, 9.17) is 4.74 Å². The van der Waals surface area contributed by atoms with Gasteiger partial charge in [-0.3, -0.25) is 14.2 Å². The number of imidazole rings is 1. The Morgan fingerprint density at radius 3 is 2.88 bits per heavy atom. The Morgan fingerprint density at radius 2 is 2.15 bits per heavy atom. The zero-order valence-electron chi connectivity index (χ0n) is 15.1. The Hall–Kier alpha value is -2.96. The molecule has 26 heavy (non-hydrogen) atoms. The summed E-state index contributed by atoms with van der Waals surface area (Å²) in [5.74, 6) is 1.06. The standard InChI is InChI=1S/C19H21N5O2/c1-11-6-16(14-7-15(26-3)9-20-8-14)23-18-17(21-10-24(11)18)19(25)22-12(2)13-4-5-13/h6-10,12-13H,4-5H2,1-3H3,(H,22,25). The molecule has 3 aromatic rings. The number of carbonyl (C=O) groups is 1. The second kappa shape index (κ2) is 6.40. The largest absolute Gasteiger partial charge is 0.495 e. The van der Waals surface area contributed by atoms with Crippen molar-refractivity contribution in [1.29, 1.82) is 0 Å². The highest BCUT2D eigenvalue weighted by Crippen LogP contribution is 2.32. The van der Waals surface area contributed by atoms with Crippen LogP contribution < -0.4 is 10.1 Å². The van der Waals surface area contributed by atoms with Gasteiger partial charge < -0.3 is 10.1 Å². The van der Waals surface area contributed by atoms with E-state index in [0.717, 1.165) is 17.0 Å². The lowest BCUT2D eigenvalue weighted by Crippen LogP contribution is -2.34. The van der Waals surface area contributed by atoms with Gasteiger partial charge in [-0.25, -0.2) is 9.97 Å². The number of methoxy groups -OCH3 is 1. The van der Waals surface area contributed by atoms with E-state index in [-0.39, 0.29) is 11.9 Å². The summed E-state index contributed by atoms with van der Waals surface area (Å²) < 4.78 is 7.07. The molecule has 134 valence electrons. The molecule has 0 radical (unpaired) electrons. The molecule has 0 spiro atoms. The molecule has 0 aliphatic heterocycles. The third-order valence-electron chi connectivity index (χ3n) is 4.84. The fourth-order valence-corrected chi connectivity index (χ4v) is 3.09. The number of nitrogens with one attached hydrogen (secondary N) is 1. The first kappa shape index (κ1) is 16.5. The maximum atomic E-state index is 12.7. The van der Waals surface area contributed by atoms with Gasteiger partial charge in [0.25, 0.3) is 5.91 Å². The van der Waals surface area contributed by atoms with Crippen molar-refractivity contribution in [2.75, 3.05) is 7.11 Å². The lowest BCUT2D eigenvalue weighted by atomic mass is 10.2. The number of amides is 1. The molecular weight excluding hydrogens is 330 g/mol. The number of rotatable bonds is 5. The average molecular weight is 351 g/mol. The van der Waals surface area contributed by atoms with E-state index < -0.39 is 0 Å². The van der Waals surface area contributed by atoms with E-state index in [1.54, 1.807) is 25.8 Å². The van der Waals surface area contributed by atoms with Gasteiger partial charge in [0.15, 0.2) is 11.3 Å². The van der Waals surface area contributed by atoms with Gasteiger partial charge in [-0.1, -0.05) is 0 Å². The Bertz CT molecular complexity index is 977. The van der Waals surface area contributed by atoms with Gasteiger partial charge >= 0.3 is 0 Å². The molecule has 1 fully saturated rings. The summed E-state index contributed by atoms with van der Waals surface area (Å²) in [6.07, 6.45) is 7.37. The van der Waals surface area contributed by atoms with E-state index in [2.05, 4.69) is 20.3 Å². The number of hydrogen-bond acceptors (Lipinski definition) is 5. The van der Waals surface area contributed by atoms with Crippen molar-refractivity contribution in [2.24, 2.45) is 5.92 Å². The fourth-order valence-electron chi connectivity index (χ4n) is 3.09. The van der Waals surface area contributed by atoms with Crippen molar-refractivity contribution < 1.29 is 9.53 Å². The molecule has 3 aromatic heterocycles. The molecule has 0 saturated heterocycles. The molecule has 7 nitrogen and oxygen atoms in total. The van der Waals surface area contributed by atoms with E-state index in [1.807, 2.05) is 30.4 Å². The number of fused-ring (bicyclic) bond motifs is 1. The molecule has 1 saturated carbocycles. The van der Waals surface area contributed by atoms with Crippen LogP contribution in [0.15, 0.2) is 30.9 Å². The predicted molar refractivity (Wildman–Crippen MR) is 97.2 cm³/mol. The van der Waals surface area contributed by atoms with E-state index in [9.17, 15) is 4.79 Å². The van der Waals surface area contributed by atoms with Crippen LogP contribution in [0.1, 0.15) is 35.9 Å². The first-order chi connectivity index (χ1) is 12.6. The zero-order valence-corrected chi connectivity index (χ0v) is 15.1. The number of aromatic nitrogens is 4. The molecule has 7 heteroatoms. The first-order valence-electron chi connectivity index (χ1n) is 8.72. The summed E-state index contributed by atoms with van der Waals surface area (Å²) in [5, 5.41) is 3.05. The van der Waals surface area contributed by atoms with Gasteiger partial charge in [0.05, 0.1) is 19.0 Å². The summed E-state index contributed by atoms with van der Waals surface area (Å²) in [4.78, 5) is 25.8. The van der Waals surface area contributed by atoms with Crippen LogP contribution in [0.5, 0.6) is 5.75 Å². The number of ether oxygens (including phenoxy) is 1. The second-order valence-electron chi connectivity index (χ2n) is 6.78. The summed E-state index contributed by atoms with van der Waals surface area (Å²) in [5.41, 5.74) is 3.39. The SMILES string of the molecule is COc1cncc(-c2cc(C)n3cnc(C(=O)NC(C)C4CC4)c3n2)c1. The van der Waals surface area contributed by atoms with Crippen LogP contribution in [0.3, 0.4) is 0 Å². The topological polar surface area (TPSA) is 81.4 Å². The highest BCUT2D eigenvalue weighted by atomic mass is 16.5. The molecule has 4 rings (SSSR count). The van der Waals surface area contributed by atoms with Crippen molar-refractivity contribution in [3.05, 3.63) is 42.2 Å². The van der Waals surface area contributed by atoms with Crippen LogP contribution in [-0.4, -0.2) is 38.4 Å². The Balaban J connectivity index is 1.73. The minimum Gasteiger partial charge on any atom is -0.495 e. The molecule has 0 aromatic carbocycles. The van der Waals surface area contributed by atoms with Crippen LogP contribution in [0.2, 0.25) is 0 Å². The lowest BCUT2D eigenvalue weighted by Gasteiger charge is -2.12. The smallest absolute Gasteiger partial charge is 0.274 e. The molecule has 0 bridgehead atoms. The summed E-state index contributed by atoms with van der Waals surface area (Å²) >= 11 is 0. The number of nitrogens with zero attached hydrogens (tertiary/aromatic N) is 4. The van der Waals surface area contributed by atoms with Gasteiger partial charge in [-0.2, -0.15) is 0 Å². The van der Waals surface area contributed by atoms with Crippen molar-refractivity contribution in [2.45, 2.75) is 32.7 Å². The number of carbonyl (C=O) groups excluding carboxylic acids is 1. The maximum absolute atomic E-state index is 12.7. The van der Waals surface area contributed by atoms with Crippen molar-refractivity contribution in [3.8, 4) is 17.0 Å². The highest BCUT2D eigenvalue weighted by Gasteiger charge is 2.30. The van der Waals surface area contributed by atoms with Crippen LogP contribution in [0.25, 0.3) is 16.9 Å². The Labute approximate surface area is 151 Å². The van der Waals surface area contributed by atoms with Crippen LogP contribution in [0, 0.1) is 12.8 Å². The van der Waals surface area contributed by atoms with E-state index in [0.29, 0.717) is 23.0 Å². The summed E-state index contributed by atoms with van der Waals surface area (Å²) in [7, 11) is 1.60. The highest BCUT2D eigenvalue weighted by molar-refractivity contribution is 5.98. The van der Waals surface area contributed by atoms with Crippen LogP contribution in [-0.2, 0) is 0 Å². The first-order valence-corrected chi connectivity index (χ1v) is 8.72. The quantitative estimate of drug-likeness (QED) is 0.764. The third kappa shape index (κ3) is 3.00. The minimum absolute atomic E-state index is 0.158. The molecule has 1 unspecified atom stereocenters. The molecule has 1 atom stereocenters. The number of aryl methyl sites for hydroxylation is 1. The molecular formula is C19H21N5O2. The maximum Gasteiger partial charge on any atom is 0.274 e. The van der Waals surface area contributed by atoms with Gasteiger partial charge in [-0.15, -0.1) is 0 Å². The summed E-state index contributed by atoms with van der Waals surface area (Å²) in [6, 6.07) is 3.97. The van der Waals surface area contributed by atoms with E-state index >= 15 is 0 Å². The van der Waals surface area contributed by atoms with Crippen LogP contribution >= 0.6 is 0 Å². The molecule has 1 aliphatic rings. The van der Waals surface area contributed by atoms with Crippen LogP contribution in [0.4, 0.5) is 0 Å². The lowest BCUT2D eigenvalue weighted by molar-refractivity contribution is 0.0933. The summed E-state index contributed by atoms with van der Waals surface area (Å²) in [6.45, 7) is 4.00. The van der Waals surface area contributed by atoms with E-state index in [1.165, 1.54) is 12.8 Å². The predicted octanol–water partition coefficient (Wildman–Crippen LogP) is 2.64. The number of pyridine rings is 1. The Morgan fingerprint density at radius 1 is 1.35 bits per heavy atom. The monoisotopic (exact) mass is 351 g/mol. The third-order valence-corrected chi connectivity index (χ3v) is 4.84. The van der Waals surface area contributed by atoms with Crippen molar-refractivity contribution in [3.63, 3.8) is 0 Å². The Kier molecular flexibility index (Phi) is 4.06. The molecule has 1 N–H and O–H groups in total. The van der Waals surface area contributed by atoms with Gasteiger partial charge in [0.1, 0.15) is 12.1 Å². The van der Waals surface area contributed by atoms with Gasteiger partial charge in [0.2, 0.25) is 0 Å². The molecule has 1 amide bonds. The molecule has 3 heterocycles. The van der Waals surface area contributed by atoms with Gasteiger partial charge in [0, 0.05) is 23.5 Å². The average Bonchev–Trinajstić information content (AvgIpc) is 3.41. The fraction of sp³-hybridized carbons (Fsp3) is 0.368. The minimum atomic E-state index is -0.181. The second-order valence-corrected chi connectivity index (χ2v) is 6.78. The van der Waals surface area contributed by atoms with Crippen molar-refractivity contribution in [1.82, 2.24) is 24.7 Å². The number of hydrogen-bond donors (Lipinski definition) is 1. The van der Waals surface area contributed by atoms with Gasteiger partial charge in [-0.05, 0) is 44.7 Å². The normalized spacial score (nSPS) is 15.0. The molecule has 1 aliphatic carbocycles. The van der Waals surface area contributed by atoms with Crippen molar-refractivity contribution >= 4 is 11.6 Å².